The average molecular weight is 251 g/mol. The number of carbonyl (C=O) groups excluding carboxylic acids is 1. The van der Waals surface area contributed by atoms with Crippen molar-refractivity contribution in [3.05, 3.63) is 34.9 Å². The SMILES string of the molecule is CC(=O)SCC#Cc1cc(F)c(C#N)c(F)c1. The van der Waals surface area contributed by atoms with Crippen molar-refractivity contribution in [2.75, 3.05) is 5.75 Å². The predicted molar refractivity (Wildman–Crippen MR) is 61.1 cm³/mol. The van der Waals surface area contributed by atoms with E-state index in [4.69, 9.17) is 5.26 Å². The van der Waals surface area contributed by atoms with Crippen LogP contribution >= 0.6 is 11.8 Å². The Balaban J connectivity index is 2.87. The summed E-state index contributed by atoms with van der Waals surface area (Å²) in [7, 11) is 0. The topological polar surface area (TPSA) is 40.9 Å². The van der Waals surface area contributed by atoms with Crippen molar-refractivity contribution in [1.82, 2.24) is 0 Å². The third-order valence-corrected chi connectivity index (χ3v) is 2.43. The van der Waals surface area contributed by atoms with Gasteiger partial charge in [0.05, 0.1) is 5.75 Å². The van der Waals surface area contributed by atoms with Crippen molar-refractivity contribution in [2.24, 2.45) is 0 Å². The zero-order chi connectivity index (χ0) is 12.8. The Morgan fingerprint density at radius 2 is 2.00 bits per heavy atom. The first kappa shape index (κ1) is 13.2. The molecule has 86 valence electrons. The van der Waals surface area contributed by atoms with Crippen LogP contribution in [-0.4, -0.2) is 10.9 Å². The summed E-state index contributed by atoms with van der Waals surface area (Å²) in [6, 6.07) is 3.41. The molecule has 0 aliphatic rings. The van der Waals surface area contributed by atoms with Gasteiger partial charge < -0.3 is 0 Å². The van der Waals surface area contributed by atoms with Gasteiger partial charge in [-0.1, -0.05) is 23.6 Å². The van der Waals surface area contributed by atoms with E-state index in [0.717, 1.165) is 23.9 Å². The van der Waals surface area contributed by atoms with E-state index in [1.807, 2.05) is 0 Å². The third-order valence-electron chi connectivity index (χ3n) is 1.73. The van der Waals surface area contributed by atoms with Gasteiger partial charge in [0.1, 0.15) is 23.3 Å². The fourth-order valence-corrected chi connectivity index (χ4v) is 1.38. The van der Waals surface area contributed by atoms with Gasteiger partial charge in [0.25, 0.3) is 0 Å². The molecule has 1 aromatic carbocycles. The number of halogens is 2. The van der Waals surface area contributed by atoms with E-state index in [0.29, 0.717) is 0 Å². The number of carbonyl (C=O) groups is 1. The molecule has 0 radical (unpaired) electrons. The van der Waals surface area contributed by atoms with Gasteiger partial charge in [0, 0.05) is 12.5 Å². The van der Waals surface area contributed by atoms with E-state index in [9.17, 15) is 13.6 Å². The molecule has 0 aliphatic heterocycles. The number of benzene rings is 1. The zero-order valence-corrected chi connectivity index (χ0v) is 9.70. The van der Waals surface area contributed by atoms with Crippen molar-refractivity contribution in [1.29, 1.82) is 5.26 Å². The van der Waals surface area contributed by atoms with E-state index in [2.05, 4.69) is 11.8 Å². The van der Waals surface area contributed by atoms with Gasteiger partial charge in [-0.25, -0.2) is 8.78 Å². The number of nitriles is 1. The highest BCUT2D eigenvalue weighted by Crippen LogP contribution is 2.13. The molecule has 0 bridgehead atoms. The summed E-state index contributed by atoms with van der Waals surface area (Å²) in [6.45, 7) is 1.41. The molecule has 0 atom stereocenters. The van der Waals surface area contributed by atoms with Crippen molar-refractivity contribution < 1.29 is 13.6 Å². The van der Waals surface area contributed by atoms with Gasteiger partial charge >= 0.3 is 0 Å². The zero-order valence-electron chi connectivity index (χ0n) is 8.88. The summed E-state index contributed by atoms with van der Waals surface area (Å²) < 4.78 is 26.3. The second kappa shape index (κ2) is 6.03. The fourth-order valence-electron chi connectivity index (χ4n) is 1.03. The van der Waals surface area contributed by atoms with Crippen LogP contribution in [0.3, 0.4) is 0 Å². The smallest absolute Gasteiger partial charge is 0.186 e. The minimum atomic E-state index is -0.934. The third kappa shape index (κ3) is 3.90. The Labute approximate surface area is 102 Å². The van der Waals surface area contributed by atoms with Crippen LogP contribution in [0.2, 0.25) is 0 Å². The molecule has 0 aliphatic carbocycles. The lowest BCUT2D eigenvalue weighted by Crippen LogP contribution is -1.92. The molecule has 5 heteroatoms. The predicted octanol–water partition coefficient (Wildman–Crippen LogP) is 2.47. The molecule has 2 nitrogen and oxygen atoms in total. The second-order valence-corrected chi connectivity index (χ2v) is 4.16. The van der Waals surface area contributed by atoms with Crippen LogP contribution in [0, 0.1) is 34.8 Å². The molecule has 17 heavy (non-hydrogen) atoms. The van der Waals surface area contributed by atoms with Crippen molar-refractivity contribution >= 4 is 16.9 Å². The van der Waals surface area contributed by atoms with E-state index in [-0.39, 0.29) is 16.4 Å². The molecule has 0 spiro atoms. The number of rotatable bonds is 1. The maximum atomic E-state index is 13.2. The molecular weight excluding hydrogens is 244 g/mol. The van der Waals surface area contributed by atoms with Gasteiger partial charge in [0.15, 0.2) is 5.12 Å². The highest BCUT2D eigenvalue weighted by Gasteiger charge is 2.09. The second-order valence-electron chi connectivity index (χ2n) is 3.01. The maximum Gasteiger partial charge on any atom is 0.186 e. The van der Waals surface area contributed by atoms with Crippen LogP contribution in [0.25, 0.3) is 0 Å². The quantitative estimate of drug-likeness (QED) is 0.720. The summed E-state index contributed by atoms with van der Waals surface area (Å²) in [5.74, 6) is 3.52. The minimum absolute atomic E-state index is 0.0727. The van der Waals surface area contributed by atoms with E-state index in [1.165, 1.54) is 13.0 Å². The monoisotopic (exact) mass is 251 g/mol. The minimum Gasteiger partial charge on any atom is -0.288 e. The summed E-state index contributed by atoms with van der Waals surface area (Å²) >= 11 is 1.01. The van der Waals surface area contributed by atoms with E-state index < -0.39 is 17.2 Å². The van der Waals surface area contributed by atoms with Crippen LogP contribution < -0.4 is 0 Å². The van der Waals surface area contributed by atoms with Crippen molar-refractivity contribution in [3.8, 4) is 17.9 Å². The molecule has 0 fully saturated rings. The molecule has 0 amide bonds. The first-order chi connectivity index (χ1) is 8.04. The van der Waals surface area contributed by atoms with Gasteiger partial charge in [-0.05, 0) is 12.1 Å². The van der Waals surface area contributed by atoms with Gasteiger partial charge in [-0.2, -0.15) is 5.26 Å². The van der Waals surface area contributed by atoms with Gasteiger partial charge in [-0.3, -0.25) is 4.79 Å². The Bertz CT molecular complexity index is 529. The molecular formula is C12H7F2NOS. The molecule has 0 heterocycles. The maximum absolute atomic E-state index is 13.2. The fraction of sp³-hybridized carbons (Fsp3) is 0.167. The summed E-state index contributed by atoms with van der Waals surface area (Å²) in [5.41, 5.74) is -0.475. The first-order valence-electron chi connectivity index (χ1n) is 4.56. The first-order valence-corrected chi connectivity index (χ1v) is 5.54. The van der Waals surface area contributed by atoms with E-state index in [1.54, 1.807) is 0 Å². The highest BCUT2D eigenvalue weighted by molar-refractivity contribution is 8.13. The largest absolute Gasteiger partial charge is 0.288 e. The van der Waals surface area contributed by atoms with Crippen LogP contribution in [0.15, 0.2) is 12.1 Å². The lowest BCUT2D eigenvalue weighted by Gasteiger charge is -1.96. The van der Waals surface area contributed by atoms with E-state index >= 15 is 0 Å². The lowest BCUT2D eigenvalue weighted by molar-refractivity contribution is -0.109. The Morgan fingerprint density at radius 3 is 2.47 bits per heavy atom. The molecule has 0 unspecified atom stereocenters. The molecule has 1 rings (SSSR count). The Morgan fingerprint density at radius 1 is 1.41 bits per heavy atom. The summed E-state index contributed by atoms with van der Waals surface area (Å²) in [4.78, 5) is 10.6. The van der Waals surface area contributed by atoms with Crippen LogP contribution in [-0.2, 0) is 4.79 Å². The van der Waals surface area contributed by atoms with Crippen LogP contribution in [0.4, 0.5) is 8.78 Å². The van der Waals surface area contributed by atoms with Crippen LogP contribution in [0.5, 0.6) is 0 Å². The Kier molecular flexibility index (Phi) is 4.68. The normalized spacial score (nSPS) is 9.06. The molecule has 0 N–H and O–H groups in total. The molecule has 1 aromatic rings. The number of hydrogen-bond acceptors (Lipinski definition) is 3. The Hall–Kier alpha value is -1.85. The van der Waals surface area contributed by atoms with Gasteiger partial charge in [-0.15, -0.1) is 0 Å². The number of thioether (sulfide) groups is 1. The highest BCUT2D eigenvalue weighted by atomic mass is 32.2. The van der Waals surface area contributed by atoms with Crippen molar-refractivity contribution in [2.45, 2.75) is 6.92 Å². The average Bonchev–Trinajstić information content (AvgIpc) is 2.24. The molecule has 0 saturated heterocycles. The standard InChI is InChI=1S/C12H7F2NOS/c1-8(16)17-4-2-3-9-5-11(13)10(7-15)12(14)6-9/h5-6H,4H2,1H3. The molecule has 0 saturated carbocycles. The number of nitrogens with zero attached hydrogens (tertiary/aromatic N) is 1. The number of hydrogen-bond donors (Lipinski definition) is 0. The van der Waals surface area contributed by atoms with Gasteiger partial charge in [0.2, 0.25) is 0 Å². The molecule has 0 aromatic heterocycles. The van der Waals surface area contributed by atoms with Crippen molar-refractivity contribution in [3.63, 3.8) is 0 Å². The van der Waals surface area contributed by atoms with Crippen LogP contribution in [0.1, 0.15) is 18.1 Å². The summed E-state index contributed by atoms with van der Waals surface area (Å²) in [5, 5.41) is 8.39. The lowest BCUT2D eigenvalue weighted by atomic mass is 10.1. The summed E-state index contributed by atoms with van der Waals surface area (Å²) in [6.07, 6.45) is 0.